The highest BCUT2D eigenvalue weighted by Gasteiger charge is 2.41. The quantitative estimate of drug-likeness (QED) is 0.185. The predicted molar refractivity (Wildman–Crippen MR) is 172 cm³/mol. The maximum atomic E-state index is 13.2. The normalized spacial score (nSPS) is 16.7. The molecule has 1 aliphatic rings. The van der Waals surface area contributed by atoms with Gasteiger partial charge in [-0.25, -0.2) is 0 Å². The highest BCUT2D eigenvalue weighted by molar-refractivity contribution is 9.10. The van der Waals surface area contributed by atoms with Crippen molar-refractivity contribution in [3.05, 3.63) is 124 Å². The van der Waals surface area contributed by atoms with Crippen LogP contribution in [0.15, 0.2) is 102 Å². The fourth-order valence-corrected chi connectivity index (χ4v) is 6.42. The lowest BCUT2D eigenvalue weighted by Gasteiger charge is -2.28. The van der Waals surface area contributed by atoms with E-state index in [0.717, 1.165) is 49.3 Å². The van der Waals surface area contributed by atoms with Gasteiger partial charge in [-0.15, -0.1) is 0 Å². The number of rotatable bonds is 7. The molecule has 206 valence electrons. The molecule has 3 heterocycles. The number of aryl methyl sites for hydroxylation is 1. The molecule has 1 aliphatic heterocycles. The standard InChI is InChI=1S/C33H30BrN5OS/c1-21-20-27(22(2)39(21)25-15-13-24(34)14-16-25)32-31(29-11-5-6-18-35-29)37-33(41)38(32)19-17-30(40)36-28-12-7-9-23-8-3-4-10-26(23)28/h3-16,18,20,31-32H,17,19H2,1-2H3,(H,36,40)(H,37,41)/t31-,32-/m1/s1. The second kappa shape index (κ2) is 11.5. The minimum absolute atomic E-state index is 0.0514. The number of benzene rings is 3. The lowest BCUT2D eigenvalue weighted by atomic mass is 9.96. The number of nitrogens with zero attached hydrogens (tertiary/aromatic N) is 3. The Morgan fingerprint density at radius 2 is 1.76 bits per heavy atom. The lowest BCUT2D eigenvalue weighted by Crippen LogP contribution is -2.33. The number of halogens is 1. The Balaban J connectivity index is 1.31. The van der Waals surface area contributed by atoms with E-state index in [2.05, 4.69) is 85.2 Å². The summed E-state index contributed by atoms with van der Waals surface area (Å²) in [5.41, 5.74) is 6.24. The van der Waals surface area contributed by atoms with Crippen molar-refractivity contribution in [2.75, 3.05) is 11.9 Å². The molecule has 5 aromatic rings. The van der Waals surface area contributed by atoms with Crippen molar-refractivity contribution < 1.29 is 4.79 Å². The van der Waals surface area contributed by atoms with Crippen LogP contribution in [0, 0.1) is 13.8 Å². The molecule has 8 heteroatoms. The fraction of sp³-hybridized carbons (Fsp3) is 0.182. The highest BCUT2D eigenvalue weighted by Crippen LogP contribution is 2.41. The number of amides is 1. The Morgan fingerprint density at radius 3 is 2.54 bits per heavy atom. The molecule has 0 radical (unpaired) electrons. The number of thiocarbonyl (C=S) groups is 1. The molecule has 0 saturated carbocycles. The lowest BCUT2D eigenvalue weighted by molar-refractivity contribution is -0.116. The third-order valence-electron chi connectivity index (χ3n) is 7.72. The molecule has 1 amide bonds. The van der Waals surface area contributed by atoms with E-state index in [9.17, 15) is 4.79 Å². The number of hydrogen-bond donors (Lipinski definition) is 2. The van der Waals surface area contributed by atoms with Gasteiger partial charge in [0.25, 0.3) is 0 Å². The molecule has 0 aliphatic carbocycles. The summed E-state index contributed by atoms with van der Waals surface area (Å²) in [7, 11) is 0. The van der Waals surface area contributed by atoms with Crippen LogP contribution in [0.3, 0.4) is 0 Å². The van der Waals surface area contributed by atoms with Gasteiger partial charge in [-0.05, 0) is 85.5 Å². The fourth-order valence-electron chi connectivity index (χ4n) is 5.83. The van der Waals surface area contributed by atoms with Crippen molar-refractivity contribution in [1.82, 2.24) is 19.8 Å². The number of aromatic nitrogens is 2. The zero-order valence-electron chi connectivity index (χ0n) is 22.8. The molecular formula is C33H30BrN5OS. The molecule has 2 atom stereocenters. The van der Waals surface area contributed by atoms with Crippen LogP contribution in [0.2, 0.25) is 0 Å². The van der Waals surface area contributed by atoms with Gasteiger partial charge in [-0.2, -0.15) is 0 Å². The van der Waals surface area contributed by atoms with Crippen molar-refractivity contribution in [1.29, 1.82) is 0 Å². The average molecular weight is 625 g/mol. The summed E-state index contributed by atoms with van der Waals surface area (Å²) < 4.78 is 3.31. The molecule has 1 saturated heterocycles. The van der Waals surface area contributed by atoms with Gasteiger partial charge in [-0.1, -0.05) is 58.4 Å². The number of fused-ring (bicyclic) bond motifs is 1. The van der Waals surface area contributed by atoms with Crippen LogP contribution in [-0.4, -0.2) is 32.0 Å². The van der Waals surface area contributed by atoms with Crippen LogP contribution in [-0.2, 0) is 4.79 Å². The second-order valence-electron chi connectivity index (χ2n) is 10.3. The number of carbonyl (C=O) groups excluding carboxylic acids is 1. The molecule has 0 spiro atoms. The SMILES string of the molecule is Cc1cc([C@@H]2[C@@H](c3ccccn3)NC(=S)N2CCC(=O)Nc2cccc3ccccc23)c(C)n1-c1ccc(Br)cc1. The van der Waals surface area contributed by atoms with Gasteiger partial charge in [0.2, 0.25) is 5.91 Å². The summed E-state index contributed by atoms with van der Waals surface area (Å²) >= 11 is 9.42. The van der Waals surface area contributed by atoms with Crippen LogP contribution >= 0.6 is 28.1 Å². The monoisotopic (exact) mass is 623 g/mol. The molecule has 1 fully saturated rings. The van der Waals surface area contributed by atoms with Crippen LogP contribution < -0.4 is 10.6 Å². The van der Waals surface area contributed by atoms with E-state index in [0.29, 0.717) is 18.1 Å². The van der Waals surface area contributed by atoms with Gasteiger partial charge in [0.15, 0.2) is 5.11 Å². The first-order chi connectivity index (χ1) is 19.9. The third-order valence-corrected chi connectivity index (χ3v) is 8.60. The van der Waals surface area contributed by atoms with E-state index in [1.165, 1.54) is 0 Å². The number of hydrogen-bond acceptors (Lipinski definition) is 3. The van der Waals surface area contributed by atoms with Gasteiger partial charge in [-0.3, -0.25) is 9.78 Å². The first-order valence-electron chi connectivity index (χ1n) is 13.6. The topological polar surface area (TPSA) is 62.2 Å². The van der Waals surface area contributed by atoms with Crippen molar-refractivity contribution in [3.63, 3.8) is 0 Å². The van der Waals surface area contributed by atoms with E-state index in [4.69, 9.17) is 12.2 Å². The molecule has 2 N–H and O–H groups in total. The van der Waals surface area contributed by atoms with E-state index in [-0.39, 0.29) is 18.0 Å². The average Bonchev–Trinajstić information content (AvgIpc) is 3.47. The summed E-state index contributed by atoms with van der Waals surface area (Å²) in [5, 5.41) is 9.38. The Kier molecular flexibility index (Phi) is 7.60. The van der Waals surface area contributed by atoms with Crippen molar-refractivity contribution >= 4 is 55.6 Å². The van der Waals surface area contributed by atoms with Gasteiger partial charge in [0.1, 0.15) is 0 Å². The van der Waals surface area contributed by atoms with Gasteiger partial charge < -0.3 is 20.1 Å². The minimum Gasteiger partial charge on any atom is -0.352 e. The molecular weight excluding hydrogens is 594 g/mol. The zero-order chi connectivity index (χ0) is 28.5. The number of nitrogens with one attached hydrogen (secondary N) is 2. The number of carbonyl (C=O) groups is 1. The second-order valence-corrected chi connectivity index (χ2v) is 11.6. The van der Waals surface area contributed by atoms with E-state index in [1.54, 1.807) is 0 Å². The molecule has 3 aromatic carbocycles. The summed E-state index contributed by atoms with van der Waals surface area (Å²) in [6.45, 7) is 4.74. The molecule has 6 rings (SSSR count). The molecule has 2 aromatic heterocycles. The Labute approximate surface area is 253 Å². The van der Waals surface area contributed by atoms with E-state index < -0.39 is 0 Å². The van der Waals surface area contributed by atoms with Crippen molar-refractivity contribution in [2.24, 2.45) is 0 Å². The molecule has 41 heavy (non-hydrogen) atoms. The van der Waals surface area contributed by atoms with Crippen LogP contribution in [0.5, 0.6) is 0 Å². The zero-order valence-corrected chi connectivity index (χ0v) is 25.2. The third kappa shape index (κ3) is 5.37. The van der Waals surface area contributed by atoms with Gasteiger partial charge in [0.05, 0.1) is 17.8 Å². The van der Waals surface area contributed by atoms with Crippen LogP contribution in [0.4, 0.5) is 5.69 Å². The van der Waals surface area contributed by atoms with Gasteiger partial charge >= 0.3 is 0 Å². The Morgan fingerprint density at radius 1 is 1.00 bits per heavy atom. The number of pyridine rings is 1. The maximum absolute atomic E-state index is 13.2. The summed E-state index contributed by atoms with van der Waals surface area (Å²) in [6, 6.07) is 30.2. The largest absolute Gasteiger partial charge is 0.352 e. The summed E-state index contributed by atoms with van der Waals surface area (Å²) in [6.07, 6.45) is 2.10. The first kappa shape index (κ1) is 27.2. The van der Waals surface area contributed by atoms with Crippen LogP contribution in [0.25, 0.3) is 16.5 Å². The minimum atomic E-state index is -0.149. The first-order valence-corrected chi connectivity index (χ1v) is 14.8. The number of anilines is 1. The Bertz CT molecular complexity index is 1730. The molecule has 0 unspecified atom stereocenters. The van der Waals surface area contributed by atoms with Gasteiger partial charge in [0, 0.05) is 51.8 Å². The van der Waals surface area contributed by atoms with Crippen molar-refractivity contribution in [3.8, 4) is 5.69 Å². The van der Waals surface area contributed by atoms with E-state index in [1.807, 2.05) is 66.9 Å². The molecule has 0 bridgehead atoms. The van der Waals surface area contributed by atoms with E-state index >= 15 is 0 Å². The maximum Gasteiger partial charge on any atom is 0.226 e. The summed E-state index contributed by atoms with van der Waals surface area (Å²) in [5.74, 6) is -0.0514. The summed E-state index contributed by atoms with van der Waals surface area (Å²) in [4.78, 5) is 20.0. The highest BCUT2D eigenvalue weighted by atomic mass is 79.9. The van der Waals surface area contributed by atoms with Crippen molar-refractivity contribution in [2.45, 2.75) is 32.4 Å². The van der Waals surface area contributed by atoms with Crippen LogP contribution in [0.1, 0.15) is 41.1 Å². The smallest absolute Gasteiger partial charge is 0.226 e. The Hall–Kier alpha value is -4.01. The predicted octanol–water partition coefficient (Wildman–Crippen LogP) is 7.41. The molecule has 6 nitrogen and oxygen atoms in total.